The highest BCUT2D eigenvalue weighted by Gasteiger charge is 2.08. The van der Waals surface area contributed by atoms with Crippen LogP contribution in [0.2, 0.25) is 0 Å². The van der Waals surface area contributed by atoms with Gasteiger partial charge in [0.15, 0.2) is 5.16 Å². The zero-order chi connectivity index (χ0) is 16.2. The first kappa shape index (κ1) is 16.1. The Bertz CT molecular complexity index is 833. The number of H-pyrrole nitrogens is 1. The second kappa shape index (κ2) is 7.22. The fourth-order valence-electron chi connectivity index (χ4n) is 2.02. The van der Waals surface area contributed by atoms with Crippen LogP contribution in [0.1, 0.15) is 0 Å². The monoisotopic (exact) mass is 439 g/mol. The minimum atomic E-state index is -0.0609. The molecule has 0 aliphatic rings. The highest BCUT2D eigenvalue weighted by atomic mass is 127. The molecule has 0 fully saturated rings. The van der Waals surface area contributed by atoms with Crippen LogP contribution < -0.4 is 10.1 Å². The quantitative estimate of drug-likeness (QED) is 0.468. The molecule has 0 aliphatic heterocycles. The van der Waals surface area contributed by atoms with Gasteiger partial charge in [0, 0.05) is 15.3 Å². The molecular weight excluding hydrogens is 425 g/mol. The fourth-order valence-corrected chi connectivity index (χ4v) is 3.07. The van der Waals surface area contributed by atoms with E-state index < -0.39 is 0 Å². The Labute approximate surface area is 151 Å². The molecule has 0 aliphatic carbocycles. The zero-order valence-electron chi connectivity index (χ0n) is 12.3. The number of hydrogen-bond acceptors (Lipinski definition) is 4. The summed E-state index contributed by atoms with van der Waals surface area (Å²) in [7, 11) is 1.63. The number of nitrogens with one attached hydrogen (secondary N) is 2. The molecule has 1 heterocycles. The highest BCUT2D eigenvalue weighted by Crippen LogP contribution is 2.23. The molecule has 0 unspecified atom stereocenters. The SMILES string of the molecule is COc1ccc2nc(SCC(=O)Nc3ccc(I)cc3)[nH]c2c1. The first-order chi connectivity index (χ1) is 11.1. The number of halogens is 1. The molecule has 2 N–H and O–H groups in total. The van der Waals surface area contributed by atoms with Crippen molar-refractivity contribution in [3.8, 4) is 5.75 Å². The molecule has 23 heavy (non-hydrogen) atoms. The molecule has 1 aromatic heterocycles. The van der Waals surface area contributed by atoms with Gasteiger partial charge >= 0.3 is 0 Å². The van der Waals surface area contributed by atoms with Crippen LogP contribution in [-0.4, -0.2) is 28.7 Å². The lowest BCUT2D eigenvalue weighted by atomic mass is 10.3. The molecule has 0 saturated heterocycles. The minimum Gasteiger partial charge on any atom is -0.497 e. The van der Waals surface area contributed by atoms with Crippen molar-refractivity contribution in [3.05, 3.63) is 46.0 Å². The van der Waals surface area contributed by atoms with Crippen LogP contribution in [0.25, 0.3) is 11.0 Å². The summed E-state index contributed by atoms with van der Waals surface area (Å²) in [5.74, 6) is 1.01. The van der Waals surface area contributed by atoms with Crippen molar-refractivity contribution < 1.29 is 9.53 Å². The fraction of sp³-hybridized carbons (Fsp3) is 0.125. The molecule has 0 bridgehead atoms. The van der Waals surface area contributed by atoms with Crippen LogP contribution in [0.5, 0.6) is 5.75 Å². The lowest BCUT2D eigenvalue weighted by molar-refractivity contribution is -0.113. The molecule has 3 rings (SSSR count). The number of imidazole rings is 1. The van der Waals surface area contributed by atoms with Crippen LogP contribution in [0, 0.1) is 3.57 Å². The van der Waals surface area contributed by atoms with Gasteiger partial charge in [0.2, 0.25) is 5.91 Å². The third-order valence-electron chi connectivity index (χ3n) is 3.14. The summed E-state index contributed by atoms with van der Waals surface area (Å²) in [4.78, 5) is 19.6. The van der Waals surface area contributed by atoms with Gasteiger partial charge in [-0.25, -0.2) is 4.98 Å². The number of aromatic amines is 1. The van der Waals surface area contributed by atoms with E-state index in [0.717, 1.165) is 26.0 Å². The topological polar surface area (TPSA) is 67.0 Å². The first-order valence-corrected chi connectivity index (χ1v) is 8.92. The Hall–Kier alpha value is -1.74. The summed E-state index contributed by atoms with van der Waals surface area (Å²) in [6.45, 7) is 0. The average molecular weight is 439 g/mol. The smallest absolute Gasteiger partial charge is 0.234 e. The summed E-state index contributed by atoms with van der Waals surface area (Å²) < 4.78 is 6.32. The Kier molecular flexibility index (Phi) is 5.06. The number of ether oxygens (including phenoxy) is 1. The predicted molar refractivity (Wildman–Crippen MR) is 101 cm³/mol. The maximum absolute atomic E-state index is 12.0. The Balaban J connectivity index is 1.61. The summed E-state index contributed by atoms with van der Waals surface area (Å²) in [6, 6.07) is 13.3. The number of anilines is 1. The number of hydrogen-bond donors (Lipinski definition) is 2. The molecule has 0 radical (unpaired) electrons. The van der Waals surface area contributed by atoms with Crippen molar-refractivity contribution in [2.75, 3.05) is 18.2 Å². The van der Waals surface area contributed by atoms with Crippen LogP contribution in [0.15, 0.2) is 47.6 Å². The summed E-state index contributed by atoms with van der Waals surface area (Å²) in [5.41, 5.74) is 2.54. The highest BCUT2D eigenvalue weighted by molar-refractivity contribution is 14.1. The van der Waals surface area contributed by atoms with Crippen molar-refractivity contribution >= 4 is 57.0 Å². The molecular formula is C16H14IN3O2S. The number of aromatic nitrogens is 2. The van der Waals surface area contributed by atoms with E-state index in [-0.39, 0.29) is 5.91 Å². The van der Waals surface area contributed by atoms with Gasteiger partial charge in [-0.3, -0.25) is 4.79 Å². The number of thioether (sulfide) groups is 1. The number of carbonyl (C=O) groups excluding carboxylic acids is 1. The van der Waals surface area contributed by atoms with Gasteiger partial charge in [0.05, 0.1) is 23.9 Å². The maximum Gasteiger partial charge on any atom is 0.234 e. The van der Waals surface area contributed by atoms with Gasteiger partial charge in [-0.2, -0.15) is 0 Å². The normalized spacial score (nSPS) is 10.7. The largest absolute Gasteiger partial charge is 0.497 e. The predicted octanol–water partition coefficient (Wildman–Crippen LogP) is 3.91. The van der Waals surface area contributed by atoms with Gasteiger partial charge in [0.25, 0.3) is 0 Å². The lowest BCUT2D eigenvalue weighted by Gasteiger charge is -2.04. The zero-order valence-corrected chi connectivity index (χ0v) is 15.3. The molecule has 3 aromatic rings. The van der Waals surface area contributed by atoms with Gasteiger partial charge in [-0.1, -0.05) is 11.8 Å². The summed E-state index contributed by atoms with van der Waals surface area (Å²) >= 11 is 3.60. The average Bonchev–Trinajstić information content (AvgIpc) is 2.97. The van der Waals surface area contributed by atoms with Gasteiger partial charge in [0.1, 0.15) is 5.75 Å². The van der Waals surface area contributed by atoms with Crippen molar-refractivity contribution in [3.63, 3.8) is 0 Å². The minimum absolute atomic E-state index is 0.0609. The second-order valence-electron chi connectivity index (χ2n) is 4.77. The number of fused-ring (bicyclic) bond motifs is 1. The number of rotatable bonds is 5. The van der Waals surface area contributed by atoms with E-state index in [4.69, 9.17) is 4.74 Å². The van der Waals surface area contributed by atoms with Crippen LogP contribution in [0.4, 0.5) is 5.69 Å². The molecule has 7 heteroatoms. The van der Waals surface area contributed by atoms with E-state index in [1.54, 1.807) is 7.11 Å². The van der Waals surface area contributed by atoms with Crippen molar-refractivity contribution in [2.24, 2.45) is 0 Å². The van der Waals surface area contributed by atoms with E-state index in [0.29, 0.717) is 10.9 Å². The third-order valence-corrected chi connectivity index (χ3v) is 4.73. The molecule has 5 nitrogen and oxygen atoms in total. The summed E-state index contributed by atoms with van der Waals surface area (Å²) in [6.07, 6.45) is 0. The summed E-state index contributed by atoms with van der Waals surface area (Å²) in [5, 5.41) is 3.58. The number of carbonyl (C=O) groups is 1. The third kappa shape index (κ3) is 4.17. The van der Waals surface area contributed by atoms with E-state index in [9.17, 15) is 4.79 Å². The van der Waals surface area contributed by atoms with E-state index in [1.165, 1.54) is 11.8 Å². The van der Waals surface area contributed by atoms with Crippen LogP contribution in [0.3, 0.4) is 0 Å². The second-order valence-corrected chi connectivity index (χ2v) is 6.98. The van der Waals surface area contributed by atoms with Crippen molar-refractivity contribution in [2.45, 2.75) is 5.16 Å². The Morgan fingerprint density at radius 1 is 1.30 bits per heavy atom. The molecule has 118 valence electrons. The van der Waals surface area contributed by atoms with E-state index in [1.807, 2.05) is 42.5 Å². The maximum atomic E-state index is 12.0. The van der Waals surface area contributed by atoms with E-state index >= 15 is 0 Å². The lowest BCUT2D eigenvalue weighted by Crippen LogP contribution is -2.14. The molecule has 2 aromatic carbocycles. The molecule has 1 amide bonds. The Morgan fingerprint density at radius 2 is 2.09 bits per heavy atom. The number of benzene rings is 2. The van der Waals surface area contributed by atoms with Crippen LogP contribution >= 0.6 is 34.4 Å². The number of amides is 1. The molecule has 0 spiro atoms. The van der Waals surface area contributed by atoms with E-state index in [2.05, 4.69) is 37.9 Å². The Morgan fingerprint density at radius 3 is 2.83 bits per heavy atom. The molecule has 0 saturated carbocycles. The number of methoxy groups -OCH3 is 1. The van der Waals surface area contributed by atoms with Crippen molar-refractivity contribution in [1.29, 1.82) is 0 Å². The van der Waals surface area contributed by atoms with Crippen LogP contribution in [-0.2, 0) is 4.79 Å². The van der Waals surface area contributed by atoms with Gasteiger partial charge < -0.3 is 15.0 Å². The van der Waals surface area contributed by atoms with Gasteiger partial charge in [-0.15, -0.1) is 0 Å². The first-order valence-electron chi connectivity index (χ1n) is 6.86. The number of nitrogens with zero attached hydrogens (tertiary/aromatic N) is 1. The standard InChI is InChI=1S/C16H14IN3O2S/c1-22-12-6-7-13-14(8-12)20-16(19-13)23-9-15(21)18-11-4-2-10(17)3-5-11/h2-8H,9H2,1H3,(H,18,21)(H,19,20). The van der Waals surface area contributed by atoms with Gasteiger partial charge in [-0.05, 0) is 59.0 Å². The molecule has 0 atom stereocenters. The van der Waals surface area contributed by atoms with Crippen molar-refractivity contribution in [1.82, 2.24) is 9.97 Å².